The summed E-state index contributed by atoms with van der Waals surface area (Å²) in [5.41, 5.74) is 1.34. The van der Waals surface area contributed by atoms with Crippen molar-refractivity contribution in [2.75, 3.05) is 0 Å². The third-order valence-electron chi connectivity index (χ3n) is 2.25. The van der Waals surface area contributed by atoms with E-state index in [1.54, 1.807) is 0 Å². The Balaban J connectivity index is 2.60. The molecule has 1 atom stereocenters. The van der Waals surface area contributed by atoms with Crippen LogP contribution in [0.4, 0.5) is 0 Å². The average Bonchev–Trinajstić information content (AvgIpc) is 2.11. The highest BCUT2D eigenvalue weighted by Crippen LogP contribution is 2.11. The fraction of sp³-hybridized carbons (Fsp3) is 0.545. The molecule has 1 unspecified atom stereocenters. The predicted molar refractivity (Wildman–Crippen MR) is 52.4 cm³/mol. The molecule has 0 aliphatic heterocycles. The van der Waals surface area contributed by atoms with Gasteiger partial charge in [0.15, 0.2) is 5.78 Å². The van der Waals surface area contributed by atoms with Gasteiger partial charge in [-0.2, -0.15) is 0 Å². The van der Waals surface area contributed by atoms with E-state index in [4.69, 9.17) is 0 Å². The summed E-state index contributed by atoms with van der Waals surface area (Å²) in [5.74, 6) is -0.159. The number of allylic oxidation sites excluding steroid dienone is 3. The Morgan fingerprint density at radius 2 is 2.23 bits per heavy atom. The monoisotopic (exact) mass is 180 g/mol. The van der Waals surface area contributed by atoms with Crippen LogP contribution in [0.3, 0.4) is 0 Å². The quantitative estimate of drug-likeness (QED) is 0.579. The molecule has 0 aromatic carbocycles. The molecule has 2 nitrogen and oxygen atoms in total. The van der Waals surface area contributed by atoms with Crippen LogP contribution in [-0.4, -0.2) is 17.0 Å². The third kappa shape index (κ3) is 3.55. The number of hydrogen-bond acceptors (Lipinski definition) is 2. The van der Waals surface area contributed by atoms with Crippen molar-refractivity contribution in [1.29, 1.82) is 0 Å². The smallest absolute Gasteiger partial charge is 0.183 e. The van der Waals surface area contributed by atoms with Gasteiger partial charge >= 0.3 is 0 Å². The minimum Gasteiger partial charge on any atom is -0.385 e. The number of hydrogen-bond donors (Lipinski definition) is 1. The number of carbonyl (C=O) groups excluding carboxylic acids is 1. The molecule has 1 aliphatic rings. The molecule has 0 bridgehead atoms. The van der Waals surface area contributed by atoms with Crippen molar-refractivity contribution in [3.8, 4) is 0 Å². The van der Waals surface area contributed by atoms with Gasteiger partial charge in [0.05, 0.1) is 0 Å². The minimum absolute atomic E-state index is 0.159. The highest BCUT2D eigenvalue weighted by Gasteiger charge is 2.10. The molecule has 1 rings (SSSR count). The first-order valence-corrected chi connectivity index (χ1v) is 4.74. The van der Waals surface area contributed by atoms with Crippen molar-refractivity contribution in [3.63, 3.8) is 0 Å². The molecular weight excluding hydrogens is 164 g/mol. The maximum atomic E-state index is 11.2. The maximum absolute atomic E-state index is 11.2. The summed E-state index contributed by atoms with van der Waals surface area (Å²) < 4.78 is 0. The van der Waals surface area contributed by atoms with Crippen LogP contribution in [0.2, 0.25) is 0 Å². The molecule has 1 N–H and O–H groups in total. The van der Waals surface area contributed by atoms with E-state index in [2.05, 4.69) is 13.0 Å². The van der Waals surface area contributed by atoms with Gasteiger partial charge in [-0.1, -0.05) is 17.7 Å². The first kappa shape index (κ1) is 10.2. The summed E-state index contributed by atoms with van der Waals surface area (Å²) in [6.07, 6.45) is 7.89. The lowest BCUT2D eigenvalue weighted by atomic mass is 10.0. The van der Waals surface area contributed by atoms with Crippen LogP contribution in [0.5, 0.6) is 0 Å². The van der Waals surface area contributed by atoms with Gasteiger partial charge in [-0.05, 0) is 38.7 Å². The van der Waals surface area contributed by atoms with E-state index in [0.29, 0.717) is 6.42 Å². The highest BCUT2D eigenvalue weighted by atomic mass is 16.3. The van der Waals surface area contributed by atoms with Crippen LogP contribution in [0.25, 0.3) is 0 Å². The second kappa shape index (κ2) is 4.97. The number of rotatable bonds is 0. The van der Waals surface area contributed by atoms with Gasteiger partial charge in [0, 0.05) is 0 Å². The molecule has 2 heteroatoms. The molecule has 0 spiro atoms. The van der Waals surface area contributed by atoms with Crippen LogP contribution in [-0.2, 0) is 4.79 Å². The fourth-order valence-corrected chi connectivity index (χ4v) is 1.35. The Hall–Kier alpha value is -0.890. The van der Waals surface area contributed by atoms with Gasteiger partial charge < -0.3 is 5.11 Å². The summed E-state index contributed by atoms with van der Waals surface area (Å²) >= 11 is 0. The van der Waals surface area contributed by atoms with E-state index in [1.165, 1.54) is 11.6 Å². The number of carbonyl (C=O) groups is 1. The Morgan fingerprint density at radius 1 is 1.46 bits per heavy atom. The summed E-state index contributed by atoms with van der Waals surface area (Å²) in [4.78, 5) is 11.2. The normalized spacial score (nSPS) is 25.5. The van der Waals surface area contributed by atoms with Crippen LogP contribution in [0.1, 0.15) is 32.6 Å². The van der Waals surface area contributed by atoms with E-state index in [1.807, 2.05) is 6.08 Å². The third-order valence-corrected chi connectivity index (χ3v) is 2.25. The number of aliphatic hydroxyl groups excluding tert-OH is 1. The molecule has 0 radical (unpaired) electrons. The minimum atomic E-state index is -0.807. The molecule has 0 heterocycles. The van der Waals surface area contributed by atoms with Crippen LogP contribution in [0.15, 0.2) is 23.8 Å². The zero-order chi connectivity index (χ0) is 9.68. The second-order valence-corrected chi connectivity index (χ2v) is 3.49. The molecule has 0 fully saturated rings. The van der Waals surface area contributed by atoms with Crippen molar-refractivity contribution in [2.24, 2.45) is 0 Å². The lowest BCUT2D eigenvalue weighted by molar-refractivity contribution is -0.122. The first-order valence-electron chi connectivity index (χ1n) is 4.74. The van der Waals surface area contributed by atoms with Crippen LogP contribution in [0, 0.1) is 0 Å². The van der Waals surface area contributed by atoms with Gasteiger partial charge in [-0.3, -0.25) is 4.79 Å². The van der Waals surface area contributed by atoms with Gasteiger partial charge in [0.1, 0.15) is 6.10 Å². The van der Waals surface area contributed by atoms with E-state index in [0.717, 1.165) is 19.3 Å². The average molecular weight is 180 g/mol. The number of aliphatic hydroxyl groups is 1. The van der Waals surface area contributed by atoms with Gasteiger partial charge in [0.25, 0.3) is 0 Å². The zero-order valence-corrected chi connectivity index (χ0v) is 7.99. The largest absolute Gasteiger partial charge is 0.385 e. The van der Waals surface area contributed by atoms with Gasteiger partial charge in [-0.15, -0.1) is 0 Å². The van der Waals surface area contributed by atoms with Crippen molar-refractivity contribution in [3.05, 3.63) is 23.8 Å². The molecule has 1 aliphatic carbocycles. The summed E-state index contributed by atoms with van der Waals surface area (Å²) in [7, 11) is 0. The molecular formula is C11H16O2. The lowest BCUT2D eigenvalue weighted by Crippen LogP contribution is -2.17. The summed E-state index contributed by atoms with van der Waals surface area (Å²) in [5, 5.41) is 9.36. The van der Waals surface area contributed by atoms with Crippen molar-refractivity contribution in [2.45, 2.75) is 38.7 Å². The first-order chi connectivity index (χ1) is 6.20. The lowest BCUT2D eigenvalue weighted by Gasteiger charge is -2.07. The molecule has 13 heavy (non-hydrogen) atoms. The predicted octanol–water partition coefficient (Wildman–Crippen LogP) is 1.99. The Labute approximate surface area is 79.0 Å². The Kier molecular flexibility index (Phi) is 3.90. The fourth-order valence-electron chi connectivity index (χ4n) is 1.35. The maximum Gasteiger partial charge on any atom is 0.183 e. The van der Waals surface area contributed by atoms with Crippen LogP contribution < -0.4 is 0 Å². The molecule has 0 saturated carbocycles. The van der Waals surface area contributed by atoms with E-state index >= 15 is 0 Å². The van der Waals surface area contributed by atoms with Crippen molar-refractivity contribution >= 4 is 5.78 Å². The molecule has 0 amide bonds. The Morgan fingerprint density at radius 3 is 3.00 bits per heavy atom. The Bertz CT molecular complexity index is 238. The second-order valence-electron chi connectivity index (χ2n) is 3.49. The van der Waals surface area contributed by atoms with Crippen LogP contribution >= 0.6 is 0 Å². The number of ketones is 1. The standard InChI is InChI=1S/C11H16O2/c1-9-5-2-3-7-10(12)11(13)8-4-6-9/h3,6-7,11,13H,2,4-5,8H2,1H3. The molecule has 72 valence electrons. The highest BCUT2D eigenvalue weighted by molar-refractivity contribution is 5.93. The molecule has 0 aromatic rings. The van der Waals surface area contributed by atoms with Gasteiger partial charge in [-0.25, -0.2) is 0 Å². The molecule has 0 saturated heterocycles. The van der Waals surface area contributed by atoms with E-state index < -0.39 is 6.10 Å². The molecule has 0 aromatic heterocycles. The SMILES string of the molecule is CC1=CCCC(O)C(=O)C=CCC1. The van der Waals surface area contributed by atoms with E-state index in [-0.39, 0.29) is 5.78 Å². The van der Waals surface area contributed by atoms with E-state index in [9.17, 15) is 9.90 Å². The van der Waals surface area contributed by atoms with Crippen molar-refractivity contribution in [1.82, 2.24) is 0 Å². The topological polar surface area (TPSA) is 37.3 Å². The summed E-state index contributed by atoms with van der Waals surface area (Å²) in [6, 6.07) is 0. The van der Waals surface area contributed by atoms with Gasteiger partial charge in [0.2, 0.25) is 0 Å². The summed E-state index contributed by atoms with van der Waals surface area (Å²) in [6.45, 7) is 2.09. The zero-order valence-electron chi connectivity index (χ0n) is 7.99. The van der Waals surface area contributed by atoms with Crippen molar-refractivity contribution < 1.29 is 9.90 Å².